The minimum Gasteiger partial charge on any atom is -0.481 e. The molecule has 8 heteroatoms. The molecule has 0 unspecified atom stereocenters. The first-order valence-corrected chi connectivity index (χ1v) is 7.60. The van der Waals surface area contributed by atoms with Crippen molar-refractivity contribution in [2.45, 2.75) is 19.3 Å². The summed E-state index contributed by atoms with van der Waals surface area (Å²) >= 11 is 0. The van der Waals surface area contributed by atoms with E-state index < -0.39 is 16.0 Å². The van der Waals surface area contributed by atoms with Crippen LogP contribution in [-0.2, 0) is 19.6 Å². The third-order valence-electron chi connectivity index (χ3n) is 2.93. The van der Waals surface area contributed by atoms with Crippen LogP contribution in [0.25, 0.3) is 0 Å². The van der Waals surface area contributed by atoms with Crippen molar-refractivity contribution in [3.05, 3.63) is 0 Å². The van der Waals surface area contributed by atoms with Gasteiger partial charge in [-0.2, -0.15) is 0 Å². The molecule has 1 fully saturated rings. The SMILES string of the molecule is CS(=O)(=O)N1CCC(C(=O)NCCC(=O)O)CC1. The molecule has 0 atom stereocenters. The van der Waals surface area contributed by atoms with Crippen molar-refractivity contribution in [1.29, 1.82) is 0 Å². The van der Waals surface area contributed by atoms with E-state index in [0.717, 1.165) is 6.26 Å². The first-order valence-electron chi connectivity index (χ1n) is 5.75. The Morgan fingerprint density at radius 2 is 1.89 bits per heavy atom. The van der Waals surface area contributed by atoms with E-state index in [2.05, 4.69) is 5.32 Å². The Hall–Kier alpha value is -1.15. The summed E-state index contributed by atoms with van der Waals surface area (Å²) in [5, 5.41) is 11.0. The van der Waals surface area contributed by atoms with Crippen molar-refractivity contribution >= 4 is 21.9 Å². The average molecular weight is 278 g/mol. The van der Waals surface area contributed by atoms with Crippen LogP contribution in [0.4, 0.5) is 0 Å². The molecule has 1 saturated heterocycles. The second kappa shape index (κ2) is 6.14. The summed E-state index contributed by atoms with van der Waals surface area (Å²) in [5.74, 6) is -1.37. The number of piperidine rings is 1. The lowest BCUT2D eigenvalue weighted by molar-refractivity contribution is -0.137. The van der Waals surface area contributed by atoms with E-state index in [1.165, 1.54) is 4.31 Å². The van der Waals surface area contributed by atoms with Gasteiger partial charge in [-0.05, 0) is 12.8 Å². The summed E-state index contributed by atoms with van der Waals surface area (Å²) in [5.41, 5.74) is 0. The van der Waals surface area contributed by atoms with Gasteiger partial charge in [-0.3, -0.25) is 9.59 Å². The van der Waals surface area contributed by atoms with Gasteiger partial charge in [0.05, 0.1) is 12.7 Å². The molecule has 0 saturated carbocycles. The average Bonchev–Trinajstić information content (AvgIpc) is 2.27. The number of carbonyl (C=O) groups is 2. The molecular weight excluding hydrogens is 260 g/mol. The zero-order chi connectivity index (χ0) is 13.8. The van der Waals surface area contributed by atoms with Crippen LogP contribution in [0, 0.1) is 5.92 Å². The molecule has 0 spiro atoms. The van der Waals surface area contributed by atoms with Crippen LogP contribution in [0.15, 0.2) is 0 Å². The second-order valence-corrected chi connectivity index (χ2v) is 6.35. The summed E-state index contributed by atoms with van der Waals surface area (Å²) in [6, 6.07) is 0. The lowest BCUT2D eigenvalue weighted by Gasteiger charge is -2.29. The smallest absolute Gasteiger partial charge is 0.305 e. The van der Waals surface area contributed by atoms with Crippen LogP contribution in [0.5, 0.6) is 0 Å². The number of aliphatic carboxylic acids is 1. The fraction of sp³-hybridized carbons (Fsp3) is 0.800. The fourth-order valence-electron chi connectivity index (χ4n) is 1.89. The van der Waals surface area contributed by atoms with E-state index in [0.29, 0.717) is 25.9 Å². The van der Waals surface area contributed by atoms with E-state index in [1.807, 2.05) is 0 Å². The van der Waals surface area contributed by atoms with Gasteiger partial charge in [-0.15, -0.1) is 0 Å². The number of carboxylic acid groups (broad SMARTS) is 1. The van der Waals surface area contributed by atoms with E-state index in [-0.39, 0.29) is 24.8 Å². The Bertz CT molecular complexity index is 412. The third kappa shape index (κ3) is 4.61. The summed E-state index contributed by atoms with van der Waals surface area (Å²) < 4.78 is 23.9. The lowest BCUT2D eigenvalue weighted by Crippen LogP contribution is -2.42. The molecule has 1 rings (SSSR count). The highest BCUT2D eigenvalue weighted by atomic mass is 32.2. The van der Waals surface area contributed by atoms with Crippen molar-refractivity contribution in [3.8, 4) is 0 Å². The number of nitrogens with one attached hydrogen (secondary N) is 1. The normalized spacial score (nSPS) is 18.5. The van der Waals surface area contributed by atoms with Crippen LogP contribution >= 0.6 is 0 Å². The largest absolute Gasteiger partial charge is 0.481 e. The highest BCUT2D eigenvalue weighted by molar-refractivity contribution is 7.88. The molecule has 2 N–H and O–H groups in total. The molecule has 1 amide bonds. The predicted octanol–water partition coefficient (Wildman–Crippen LogP) is -0.751. The Balaban J connectivity index is 2.34. The first kappa shape index (κ1) is 14.9. The fourth-order valence-corrected chi connectivity index (χ4v) is 2.76. The van der Waals surface area contributed by atoms with Gasteiger partial charge < -0.3 is 10.4 Å². The number of carbonyl (C=O) groups excluding carboxylic acids is 1. The van der Waals surface area contributed by atoms with Crippen LogP contribution in [0.3, 0.4) is 0 Å². The molecule has 7 nitrogen and oxygen atoms in total. The van der Waals surface area contributed by atoms with Gasteiger partial charge in [0.2, 0.25) is 15.9 Å². The number of nitrogens with zero attached hydrogens (tertiary/aromatic N) is 1. The molecule has 1 aliphatic heterocycles. The Labute approximate surface area is 106 Å². The molecule has 0 aromatic heterocycles. The van der Waals surface area contributed by atoms with Crippen LogP contribution < -0.4 is 5.32 Å². The van der Waals surface area contributed by atoms with Gasteiger partial charge in [0, 0.05) is 25.6 Å². The van der Waals surface area contributed by atoms with Crippen molar-refractivity contribution in [1.82, 2.24) is 9.62 Å². The molecule has 0 bridgehead atoms. The maximum atomic E-state index is 11.7. The Morgan fingerprint density at radius 3 is 2.33 bits per heavy atom. The summed E-state index contributed by atoms with van der Waals surface area (Å²) in [6.07, 6.45) is 2.01. The molecule has 0 aromatic rings. The summed E-state index contributed by atoms with van der Waals surface area (Å²) in [4.78, 5) is 21.9. The van der Waals surface area contributed by atoms with Gasteiger partial charge in [-0.1, -0.05) is 0 Å². The van der Waals surface area contributed by atoms with Crippen LogP contribution in [-0.4, -0.2) is 55.6 Å². The number of hydrogen-bond acceptors (Lipinski definition) is 4. The van der Waals surface area contributed by atoms with E-state index >= 15 is 0 Å². The van der Waals surface area contributed by atoms with E-state index in [4.69, 9.17) is 5.11 Å². The van der Waals surface area contributed by atoms with Gasteiger partial charge in [-0.25, -0.2) is 12.7 Å². The van der Waals surface area contributed by atoms with Gasteiger partial charge in [0.25, 0.3) is 0 Å². The van der Waals surface area contributed by atoms with Crippen molar-refractivity contribution < 1.29 is 23.1 Å². The minimum absolute atomic E-state index is 0.103. The molecule has 0 radical (unpaired) electrons. The summed E-state index contributed by atoms with van der Waals surface area (Å²) in [6.45, 7) is 0.798. The molecule has 104 valence electrons. The molecule has 0 aromatic carbocycles. The van der Waals surface area contributed by atoms with E-state index in [9.17, 15) is 18.0 Å². The predicted molar refractivity (Wildman–Crippen MR) is 64.4 cm³/mol. The first-order chi connectivity index (χ1) is 8.30. The second-order valence-electron chi connectivity index (χ2n) is 4.37. The van der Waals surface area contributed by atoms with Crippen molar-refractivity contribution in [2.75, 3.05) is 25.9 Å². The zero-order valence-corrected chi connectivity index (χ0v) is 11.1. The molecule has 0 aliphatic carbocycles. The quantitative estimate of drug-likeness (QED) is 0.688. The van der Waals surface area contributed by atoms with Gasteiger partial charge in [0.15, 0.2) is 0 Å². The third-order valence-corrected chi connectivity index (χ3v) is 4.24. The maximum absolute atomic E-state index is 11.7. The maximum Gasteiger partial charge on any atom is 0.305 e. The van der Waals surface area contributed by atoms with Gasteiger partial charge >= 0.3 is 5.97 Å². The number of carboxylic acids is 1. The zero-order valence-electron chi connectivity index (χ0n) is 10.3. The number of amides is 1. The molecule has 1 heterocycles. The highest BCUT2D eigenvalue weighted by Gasteiger charge is 2.28. The van der Waals surface area contributed by atoms with Crippen LogP contribution in [0.2, 0.25) is 0 Å². The Kier molecular flexibility index (Phi) is 5.09. The number of rotatable bonds is 5. The van der Waals surface area contributed by atoms with Crippen molar-refractivity contribution in [2.24, 2.45) is 5.92 Å². The summed E-state index contributed by atoms with van der Waals surface area (Å²) in [7, 11) is -3.18. The topological polar surface area (TPSA) is 104 Å². The number of hydrogen-bond donors (Lipinski definition) is 2. The van der Waals surface area contributed by atoms with Crippen molar-refractivity contribution in [3.63, 3.8) is 0 Å². The van der Waals surface area contributed by atoms with Crippen LogP contribution in [0.1, 0.15) is 19.3 Å². The highest BCUT2D eigenvalue weighted by Crippen LogP contribution is 2.19. The Morgan fingerprint density at radius 1 is 1.33 bits per heavy atom. The van der Waals surface area contributed by atoms with Gasteiger partial charge in [0.1, 0.15) is 0 Å². The number of sulfonamides is 1. The monoisotopic (exact) mass is 278 g/mol. The lowest BCUT2D eigenvalue weighted by atomic mass is 9.97. The molecular formula is C10H18N2O5S. The standard InChI is InChI=1S/C10H18N2O5S/c1-18(16,17)12-6-3-8(4-7-12)10(15)11-5-2-9(13)14/h8H,2-7H2,1H3,(H,11,15)(H,13,14). The molecule has 1 aliphatic rings. The minimum atomic E-state index is -3.18. The van der Waals surface area contributed by atoms with E-state index in [1.54, 1.807) is 0 Å². The molecule has 18 heavy (non-hydrogen) atoms.